The first kappa shape index (κ1) is 9.81. The van der Waals surface area contributed by atoms with E-state index in [1.807, 2.05) is 0 Å². The van der Waals surface area contributed by atoms with Gasteiger partial charge in [-0.25, -0.2) is 14.4 Å². The van der Waals surface area contributed by atoms with E-state index in [1.54, 1.807) is 0 Å². The van der Waals surface area contributed by atoms with Crippen LogP contribution in [0.1, 0.15) is 0 Å². The van der Waals surface area contributed by atoms with Gasteiger partial charge in [-0.05, 0) is 0 Å². The highest BCUT2D eigenvalue weighted by Gasteiger charge is 2.22. The molecule has 0 bridgehead atoms. The summed E-state index contributed by atoms with van der Waals surface area (Å²) < 4.78 is 3.21. The number of carbonyl (C=O) groups is 3. The van der Waals surface area contributed by atoms with Crippen molar-refractivity contribution in [2.45, 2.75) is 0 Å². The molecule has 0 spiro atoms. The molecule has 0 aliphatic heterocycles. The molecule has 0 unspecified atom stereocenters. The summed E-state index contributed by atoms with van der Waals surface area (Å²) in [5, 5.41) is 15.6. The van der Waals surface area contributed by atoms with Gasteiger partial charge in [0.25, 0.3) is 0 Å². The molecular formula is C3HNO8. The Morgan fingerprint density at radius 3 is 2.08 bits per heavy atom. The van der Waals surface area contributed by atoms with E-state index in [-0.39, 0.29) is 0 Å². The van der Waals surface area contributed by atoms with Crippen molar-refractivity contribution in [3.8, 4) is 0 Å². The van der Waals surface area contributed by atoms with Gasteiger partial charge >= 0.3 is 23.2 Å². The number of carboxylic acid groups (broad SMARTS) is 1. The van der Waals surface area contributed by atoms with Crippen LogP contribution in [0.15, 0.2) is 0 Å². The third kappa shape index (κ3) is 3.76. The minimum atomic E-state index is -2.06. The summed E-state index contributed by atoms with van der Waals surface area (Å²) in [6.07, 6.45) is -2.06. The van der Waals surface area contributed by atoms with Crippen LogP contribution in [-0.2, 0) is 19.2 Å². The van der Waals surface area contributed by atoms with Gasteiger partial charge in [0, 0.05) is 0 Å². The van der Waals surface area contributed by atoms with E-state index >= 15 is 0 Å². The summed E-state index contributed by atoms with van der Waals surface area (Å²) in [5.74, 6) is -3.98. The van der Waals surface area contributed by atoms with Crippen molar-refractivity contribution in [1.82, 2.24) is 0 Å². The first-order chi connectivity index (χ1) is 5.43. The Bertz CT molecular complexity index is 217. The van der Waals surface area contributed by atoms with Gasteiger partial charge in [-0.1, -0.05) is 0 Å². The fraction of sp³-hybridized carbons (Fsp3) is 0. The Morgan fingerprint density at radius 2 is 1.75 bits per heavy atom. The molecule has 0 aromatic carbocycles. The van der Waals surface area contributed by atoms with Gasteiger partial charge in [0.05, 0.1) is 0 Å². The lowest BCUT2D eigenvalue weighted by atomic mass is 10.7. The van der Waals surface area contributed by atoms with Crippen molar-refractivity contribution in [2.75, 3.05) is 0 Å². The summed E-state index contributed by atoms with van der Waals surface area (Å²) in [7, 11) is 0. The van der Waals surface area contributed by atoms with Gasteiger partial charge in [0.2, 0.25) is 0 Å². The Kier molecular flexibility index (Phi) is 3.15. The smallest absolute Gasteiger partial charge is 0.449 e. The maximum absolute atomic E-state index is 10.1. The number of ether oxygens (including phenoxy) is 1. The average Bonchev–Trinajstić information content (AvgIpc) is 1.84. The normalized spacial score (nSPS) is 8.33. The second-order valence-electron chi connectivity index (χ2n) is 1.26. The molecule has 0 saturated carbocycles. The van der Waals surface area contributed by atoms with Crippen LogP contribution in [0.3, 0.4) is 0 Å². The largest absolute Gasteiger partial charge is 0.514 e. The average molecular weight is 179 g/mol. The lowest BCUT2D eigenvalue weighted by Gasteiger charge is -1.93. The topological polar surface area (TPSA) is 133 Å². The highest BCUT2D eigenvalue weighted by atomic mass is 17.0. The second-order valence-corrected chi connectivity index (χ2v) is 1.26. The molecule has 0 radical (unpaired) electrons. The van der Waals surface area contributed by atoms with E-state index < -0.39 is 23.2 Å². The van der Waals surface area contributed by atoms with Crippen molar-refractivity contribution in [3.05, 3.63) is 10.1 Å². The van der Waals surface area contributed by atoms with Gasteiger partial charge in [0.15, 0.2) is 0 Å². The molecule has 66 valence electrons. The third-order valence-corrected chi connectivity index (χ3v) is 0.504. The Morgan fingerprint density at radius 1 is 1.25 bits per heavy atom. The van der Waals surface area contributed by atoms with Crippen LogP contribution in [-0.4, -0.2) is 28.3 Å². The molecule has 1 N–H and O–H groups in total. The molecule has 0 fully saturated rings. The zero-order valence-electron chi connectivity index (χ0n) is 5.25. The van der Waals surface area contributed by atoms with Crippen molar-refractivity contribution in [2.24, 2.45) is 0 Å². The fourth-order valence-electron chi connectivity index (χ4n) is 0.226. The molecular weight excluding hydrogens is 178 g/mol. The molecule has 9 nitrogen and oxygen atoms in total. The Labute approximate surface area is 63.6 Å². The van der Waals surface area contributed by atoms with Gasteiger partial charge in [-0.15, -0.1) is 10.1 Å². The fourth-order valence-corrected chi connectivity index (χ4v) is 0.226. The minimum absolute atomic E-state index is 1.56. The summed E-state index contributed by atoms with van der Waals surface area (Å²) in [6.45, 7) is 0. The van der Waals surface area contributed by atoms with Crippen LogP contribution in [0, 0.1) is 10.1 Å². The zero-order valence-corrected chi connectivity index (χ0v) is 5.25. The maximum atomic E-state index is 10.1. The number of nitrogens with zero attached hydrogens (tertiary/aromatic N) is 1. The lowest BCUT2D eigenvalue weighted by molar-refractivity contribution is -0.728. The van der Waals surface area contributed by atoms with Gasteiger partial charge in [-0.3, -0.25) is 4.79 Å². The van der Waals surface area contributed by atoms with Gasteiger partial charge in [0.1, 0.15) is 0 Å². The third-order valence-electron chi connectivity index (χ3n) is 0.504. The molecule has 12 heavy (non-hydrogen) atoms. The quantitative estimate of drug-likeness (QED) is 0.177. The summed E-state index contributed by atoms with van der Waals surface area (Å²) in [4.78, 5) is 42.2. The predicted octanol–water partition coefficient (Wildman–Crippen LogP) is -1.06. The van der Waals surface area contributed by atoms with Crippen molar-refractivity contribution < 1.29 is 34.2 Å². The highest BCUT2D eigenvalue weighted by Crippen LogP contribution is 1.85. The van der Waals surface area contributed by atoms with E-state index in [0.717, 1.165) is 0 Å². The maximum Gasteiger partial charge on any atom is 0.514 e. The molecule has 0 aliphatic rings. The zero-order chi connectivity index (χ0) is 9.72. The number of hydrogen-bond donors (Lipinski definition) is 1. The molecule has 0 aliphatic carbocycles. The monoisotopic (exact) mass is 179 g/mol. The molecule has 0 saturated heterocycles. The minimum Gasteiger partial charge on any atom is -0.449 e. The van der Waals surface area contributed by atoms with Crippen LogP contribution < -0.4 is 0 Å². The molecule has 0 heterocycles. The lowest BCUT2D eigenvalue weighted by Crippen LogP contribution is -2.24. The van der Waals surface area contributed by atoms with Crippen molar-refractivity contribution >= 4 is 18.1 Å². The van der Waals surface area contributed by atoms with Gasteiger partial charge < -0.3 is 9.84 Å². The number of carbonyl (C=O) groups excluding carboxylic acids is 2. The molecule has 0 aromatic heterocycles. The van der Waals surface area contributed by atoms with Crippen LogP contribution in [0.5, 0.6) is 0 Å². The number of hydrogen-bond acceptors (Lipinski definition) is 7. The van der Waals surface area contributed by atoms with Crippen LogP contribution in [0.25, 0.3) is 0 Å². The van der Waals surface area contributed by atoms with Crippen LogP contribution in [0.2, 0.25) is 0 Å². The van der Waals surface area contributed by atoms with E-state index in [9.17, 15) is 24.5 Å². The summed E-state index contributed by atoms with van der Waals surface area (Å²) in [5.41, 5.74) is 0. The SMILES string of the molecule is O=C(O)OC(=O)C(=O)O[N+](=O)[O-]. The second kappa shape index (κ2) is 3.85. The first-order valence-corrected chi connectivity index (χ1v) is 2.25. The summed E-state index contributed by atoms with van der Waals surface area (Å²) >= 11 is 0. The molecule has 0 aromatic rings. The first-order valence-electron chi connectivity index (χ1n) is 2.25. The van der Waals surface area contributed by atoms with Gasteiger partial charge in [-0.2, -0.15) is 0 Å². The van der Waals surface area contributed by atoms with E-state index in [1.165, 1.54) is 0 Å². The molecule has 0 rings (SSSR count). The van der Waals surface area contributed by atoms with Crippen LogP contribution >= 0.6 is 0 Å². The molecule has 0 atom stereocenters. The van der Waals surface area contributed by atoms with Crippen molar-refractivity contribution in [1.29, 1.82) is 0 Å². The van der Waals surface area contributed by atoms with Crippen molar-refractivity contribution in [3.63, 3.8) is 0 Å². The van der Waals surface area contributed by atoms with E-state index in [4.69, 9.17) is 5.11 Å². The predicted molar refractivity (Wildman–Crippen MR) is 27.2 cm³/mol. The standard InChI is InChI=1S/C3HNO8/c5-1(11-3(7)8)2(6)12-4(9)10/h(H,7,8). The molecule has 9 heteroatoms. The number of esters is 1. The number of rotatable bonds is 1. The molecule has 0 amide bonds. The van der Waals surface area contributed by atoms with E-state index in [0.29, 0.717) is 0 Å². The highest BCUT2D eigenvalue weighted by molar-refractivity contribution is 6.31. The Hall–Kier alpha value is -2.19. The Balaban J connectivity index is 4.03. The summed E-state index contributed by atoms with van der Waals surface area (Å²) in [6, 6.07) is 0. The van der Waals surface area contributed by atoms with E-state index in [2.05, 4.69) is 9.57 Å². The van der Waals surface area contributed by atoms with Crippen LogP contribution in [0.4, 0.5) is 4.79 Å².